The van der Waals surface area contributed by atoms with Crippen molar-refractivity contribution in [3.05, 3.63) is 105 Å². The summed E-state index contributed by atoms with van der Waals surface area (Å²) in [6.45, 7) is 2.54. The van der Waals surface area contributed by atoms with Gasteiger partial charge in [0.2, 0.25) is 11.8 Å². The SMILES string of the molecule is CCNC(=O)C(Cc1ccccc1)N(Cc1ccc(Cl)cc1)C(=O)CSCc1c(F)cccc1Cl. The fourth-order valence-electron chi connectivity index (χ4n) is 3.63. The van der Waals surface area contributed by atoms with Crippen LogP contribution in [0.3, 0.4) is 0 Å². The molecule has 1 N–H and O–H groups in total. The van der Waals surface area contributed by atoms with E-state index in [1.807, 2.05) is 49.4 Å². The molecule has 0 aliphatic rings. The molecule has 3 aromatic rings. The highest BCUT2D eigenvalue weighted by atomic mass is 35.5. The number of nitrogens with one attached hydrogen (secondary N) is 1. The van der Waals surface area contributed by atoms with Crippen molar-refractivity contribution in [3.8, 4) is 0 Å². The second kappa shape index (κ2) is 13.5. The molecule has 1 atom stereocenters. The number of rotatable bonds is 11. The van der Waals surface area contributed by atoms with E-state index in [0.29, 0.717) is 28.6 Å². The third-order valence-corrected chi connectivity index (χ3v) is 6.97. The molecule has 2 amide bonds. The number of hydrogen-bond donors (Lipinski definition) is 1. The third kappa shape index (κ3) is 7.99. The van der Waals surface area contributed by atoms with Crippen LogP contribution >= 0.6 is 35.0 Å². The van der Waals surface area contributed by atoms with E-state index in [0.717, 1.165) is 11.1 Å². The monoisotopic (exact) mass is 532 g/mol. The molecule has 1 unspecified atom stereocenters. The minimum Gasteiger partial charge on any atom is -0.355 e. The Morgan fingerprint density at radius 2 is 1.69 bits per heavy atom. The number of halogens is 3. The van der Waals surface area contributed by atoms with Gasteiger partial charge in [-0.2, -0.15) is 0 Å². The largest absolute Gasteiger partial charge is 0.355 e. The van der Waals surface area contributed by atoms with Crippen LogP contribution in [0.15, 0.2) is 72.8 Å². The van der Waals surface area contributed by atoms with Gasteiger partial charge in [0, 0.05) is 40.9 Å². The molecule has 0 aliphatic carbocycles. The van der Waals surface area contributed by atoms with E-state index in [-0.39, 0.29) is 29.9 Å². The molecule has 8 heteroatoms. The second-order valence-electron chi connectivity index (χ2n) is 7.94. The average Bonchev–Trinajstić information content (AvgIpc) is 2.85. The highest BCUT2D eigenvalue weighted by molar-refractivity contribution is 7.99. The van der Waals surface area contributed by atoms with Crippen molar-refractivity contribution in [3.63, 3.8) is 0 Å². The van der Waals surface area contributed by atoms with Crippen molar-refractivity contribution in [2.24, 2.45) is 0 Å². The summed E-state index contributed by atoms with van der Waals surface area (Å²) in [5, 5.41) is 3.78. The van der Waals surface area contributed by atoms with Gasteiger partial charge < -0.3 is 10.2 Å². The Kier molecular flexibility index (Phi) is 10.5. The summed E-state index contributed by atoms with van der Waals surface area (Å²) in [7, 11) is 0. The number of carbonyl (C=O) groups is 2. The molecule has 3 aromatic carbocycles. The molecule has 0 fully saturated rings. The fraction of sp³-hybridized carbons (Fsp3) is 0.259. The quantitative estimate of drug-likeness (QED) is 0.322. The lowest BCUT2D eigenvalue weighted by Gasteiger charge is -2.31. The van der Waals surface area contributed by atoms with Gasteiger partial charge in [0.05, 0.1) is 5.75 Å². The van der Waals surface area contributed by atoms with Crippen LogP contribution in [-0.4, -0.2) is 35.1 Å². The molecule has 3 rings (SSSR count). The Morgan fingerprint density at radius 3 is 2.34 bits per heavy atom. The molecule has 0 saturated carbocycles. The zero-order valence-electron chi connectivity index (χ0n) is 19.3. The van der Waals surface area contributed by atoms with Gasteiger partial charge in [-0.25, -0.2) is 4.39 Å². The first-order valence-corrected chi connectivity index (χ1v) is 13.2. The van der Waals surface area contributed by atoms with Crippen LogP contribution < -0.4 is 5.32 Å². The van der Waals surface area contributed by atoms with Crippen LogP contribution in [0.25, 0.3) is 0 Å². The van der Waals surface area contributed by atoms with Crippen molar-refractivity contribution in [2.75, 3.05) is 12.3 Å². The lowest BCUT2D eigenvalue weighted by Crippen LogP contribution is -2.51. The molecule has 0 aromatic heterocycles. The molecule has 0 bridgehead atoms. The summed E-state index contributed by atoms with van der Waals surface area (Å²) in [6.07, 6.45) is 0.371. The first-order valence-electron chi connectivity index (χ1n) is 11.2. The first-order chi connectivity index (χ1) is 16.9. The van der Waals surface area contributed by atoms with E-state index < -0.39 is 11.9 Å². The normalized spacial score (nSPS) is 11.7. The van der Waals surface area contributed by atoms with Crippen molar-refractivity contribution in [1.29, 1.82) is 0 Å². The molecule has 0 aliphatic heterocycles. The van der Waals surface area contributed by atoms with Crippen molar-refractivity contribution in [1.82, 2.24) is 10.2 Å². The minimum atomic E-state index is -0.710. The van der Waals surface area contributed by atoms with Gasteiger partial charge in [0.15, 0.2) is 0 Å². The van der Waals surface area contributed by atoms with Crippen LogP contribution in [0.1, 0.15) is 23.6 Å². The molecular weight excluding hydrogens is 506 g/mol. The smallest absolute Gasteiger partial charge is 0.243 e. The van der Waals surface area contributed by atoms with Crippen LogP contribution in [0.4, 0.5) is 4.39 Å². The first kappa shape index (κ1) is 27.1. The van der Waals surface area contributed by atoms with E-state index in [4.69, 9.17) is 23.2 Å². The lowest BCUT2D eigenvalue weighted by atomic mass is 10.0. The number of amides is 2. The fourth-order valence-corrected chi connectivity index (χ4v) is 5.00. The number of thioether (sulfide) groups is 1. The van der Waals surface area contributed by atoms with E-state index >= 15 is 0 Å². The van der Waals surface area contributed by atoms with E-state index in [1.54, 1.807) is 29.2 Å². The molecule has 4 nitrogen and oxygen atoms in total. The Morgan fingerprint density at radius 1 is 0.971 bits per heavy atom. The summed E-state index contributed by atoms with van der Waals surface area (Å²) in [4.78, 5) is 28.2. The predicted octanol–water partition coefficient (Wildman–Crippen LogP) is 6.14. The summed E-state index contributed by atoms with van der Waals surface area (Å²) >= 11 is 13.4. The van der Waals surface area contributed by atoms with Crippen LogP contribution in [0.5, 0.6) is 0 Å². The molecule has 35 heavy (non-hydrogen) atoms. The van der Waals surface area contributed by atoms with Gasteiger partial charge in [-0.1, -0.05) is 71.7 Å². The third-order valence-electron chi connectivity index (χ3n) is 5.42. The predicted molar refractivity (Wildman–Crippen MR) is 142 cm³/mol. The Balaban J connectivity index is 1.84. The van der Waals surface area contributed by atoms with E-state index in [2.05, 4.69) is 5.32 Å². The molecule has 0 saturated heterocycles. The van der Waals surface area contributed by atoms with Crippen LogP contribution in [0, 0.1) is 5.82 Å². The van der Waals surface area contributed by atoms with Crippen LogP contribution in [0.2, 0.25) is 10.0 Å². The summed E-state index contributed by atoms with van der Waals surface area (Å²) in [6, 6.07) is 20.6. The lowest BCUT2D eigenvalue weighted by molar-refractivity contribution is -0.139. The summed E-state index contributed by atoms with van der Waals surface area (Å²) in [5.41, 5.74) is 2.16. The summed E-state index contributed by atoms with van der Waals surface area (Å²) in [5.74, 6) is -0.524. The van der Waals surface area contributed by atoms with Gasteiger partial charge in [-0.3, -0.25) is 9.59 Å². The zero-order valence-corrected chi connectivity index (χ0v) is 21.7. The highest BCUT2D eigenvalue weighted by Crippen LogP contribution is 2.25. The Bertz CT molecular complexity index is 1110. The number of carbonyl (C=O) groups excluding carboxylic acids is 2. The van der Waals surface area contributed by atoms with Gasteiger partial charge in [0.1, 0.15) is 11.9 Å². The molecule has 0 heterocycles. The van der Waals surface area contributed by atoms with Crippen molar-refractivity contribution in [2.45, 2.75) is 31.7 Å². The molecule has 0 spiro atoms. The molecular formula is C27H27Cl2FN2O2S. The number of likely N-dealkylation sites (N-methyl/N-ethyl adjacent to an activating group) is 1. The van der Waals surface area contributed by atoms with E-state index in [9.17, 15) is 14.0 Å². The number of nitrogens with zero attached hydrogens (tertiary/aromatic N) is 1. The highest BCUT2D eigenvalue weighted by Gasteiger charge is 2.30. The number of benzene rings is 3. The van der Waals surface area contributed by atoms with Gasteiger partial charge >= 0.3 is 0 Å². The summed E-state index contributed by atoms with van der Waals surface area (Å²) < 4.78 is 14.2. The molecule has 184 valence electrons. The van der Waals surface area contributed by atoms with Crippen LogP contribution in [-0.2, 0) is 28.3 Å². The second-order valence-corrected chi connectivity index (χ2v) is 9.77. The number of hydrogen-bond acceptors (Lipinski definition) is 3. The van der Waals surface area contributed by atoms with Gasteiger partial charge in [-0.05, 0) is 42.3 Å². The van der Waals surface area contributed by atoms with Gasteiger partial charge in [-0.15, -0.1) is 11.8 Å². The minimum absolute atomic E-state index is 0.0724. The maximum Gasteiger partial charge on any atom is 0.243 e. The Labute approximate surface area is 219 Å². The average molecular weight is 533 g/mol. The zero-order chi connectivity index (χ0) is 25.2. The van der Waals surface area contributed by atoms with E-state index in [1.165, 1.54) is 17.8 Å². The van der Waals surface area contributed by atoms with Crippen molar-refractivity contribution >= 4 is 46.8 Å². The standard InChI is InChI=1S/C27H27Cl2FN2O2S/c1-2-31-27(34)25(15-19-7-4-3-5-8-19)32(16-20-11-13-21(28)14-12-20)26(33)18-35-17-22-23(29)9-6-10-24(22)30/h3-14,25H,2,15-18H2,1H3,(H,31,34). The molecule has 0 radical (unpaired) electrons. The Hall–Kier alpha value is -2.54. The van der Waals surface area contributed by atoms with Crippen molar-refractivity contribution < 1.29 is 14.0 Å². The van der Waals surface area contributed by atoms with Gasteiger partial charge in [0.25, 0.3) is 0 Å². The maximum absolute atomic E-state index is 14.2. The topological polar surface area (TPSA) is 49.4 Å². The maximum atomic E-state index is 14.2.